The molecule has 1 atom stereocenters. The molecule has 282 valence electrons. The summed E-state index contributed by atoms with van der Waals surface area (Å²) in [6, 6.07) is 8.98. The molecule has 0 spiro atoms. The summed E-state index contributed by atoms with van der Waals surface area (Å²) in [4.78, 5) is 44.7. The zero-order valence-electron chi connectivity index (χ0n) is 31.1. The number of nitrogens with one attached hydrogen (secondary N) is 2. The highest BCUT2D eigenvalue weighted by Gasteiger charge is 2.31. The first kappa shape index (κ1) is 35.8. The van der Waals surface area contributed by atoms with E-state index in [1.807, 2.05) is 57.4 Å². The Labute approximate surface area is 313 Å². The van der Waals surface area contributed by atoms with E-state index >= 15 is 4.39 Å². The summed E-state index contributed by atoms with van der Waals surface area (Å²) < 4.78 is 24.9. The van der Waals surface area contributed by atoms with Crippen LogP contribution in [0, 0.1) is 18.7 Å². The van der Waals surface area contributed by atoms with Crippen LogP contribution in [-0.4, -0.2) is 78.8 Å². The third-order valence-corrected chi connectivity index (χ3v) is 11.3. The van der Waals surface area contributed by atoms with Gasteiger partial charge in [0.15, 0.2) is 5.65 Å². The Morgan fingerprint density at radius 3 is 2.56 bits per heavy atom. The Balaban J connectivity index is 0.853. The highest BCUT2D eigenvalue weighted by molar-refractivity contribution is 6.01. The molecule has 0 radical (unpaired) electrons. The van der Waals surface area contributed by atoms with E-state index in [1.54, 1.807) is 21.6 Å². The highest BCUT2D eigenvalue weighted by Crippen LogP contribution is 2.35. The summed E-state index contributed by atoms with van der Waals surface area (Å²) in [5.74, 6) is -0.281. The number of fused-ring (bicyclic) bond motifs is 2. The lowest BCUT2D eigenvalue weighted by atomic mass is 9.83. The van der Waals surface area contributed by atoms with Crippen LogP contribution >= 0.6 is 0 Å². The summed E-state index contributed by atoms with van der Waals surface area (Å²) in [5, 5.41) is 15.7. The second-order valence-electron chi connectivity index (χ2n) is 15.6. The van der Waals surface area contributed by atoms with E-state index in [0.717, 1.165) is 80.4 Å². The maximum atomic E-state index is 15.3. The first-order chi connectivity index (χ1) is 26.1. The molecule has 3 aliphatic rings. The highest BCUT2D eigenvalue weighted by atomic mass is 19.1. The van der Waals surface area contributed by atoms with Gasteiger partial charge in [0, 0.05) is 49.1 Å². The van der Waals surface area contributed by atoms with Crippen molar-refractivity contribution in [2.45, 2.75) is 96.1 Å². The van der Waals surface area contributed by atoms with Gasteiger partial charge in [-0.2, -0.15) is 10.2 Å². The second-order valence-corrected chi connectivity index (χ2v) is 15.6. The molecule has 1 aliphatic carbocycles. The fraction of sp³-hybridized carbons (Fsp3) is 0.463. The van der Waals surface area contributed by atoms with Crippen molar-refractivity contribution < 1.29 is 23.5 Å². The van der Waals surface area contributed by atoms with Crippen LogP contribution in [0.3, 0.4) is 0 Å². The fourth-order valence-electron chi connectivity index (χ4n) is 8.47. The molecule has 54 heavy (non-hydrogen) atoms. The lowest BCUT2D eigenvalue weighted by Gasteiger charge is -2.37. The van der Waals surface area contributed by atoms with Crippen LogP contribution in [0.1, 0.15) is 104 Å². The number of benzene rings is 2. The zero-order valence-corrected chi connectivity index (χ0v) is 31.1. The van der Waals surface area contributed by atoms with Gasteiger partial charge in [0.2, 0.25) is 11.8 Å². The van der Waals surface area contributed by atoms with Crippen molar-refractivity contribution in [2.75, 3.05) is 19.6 Å². The van der Waals surface area contributed by atoms with E-state index in [2.05, 4.69) is 25.6 Å². The number of piperidine rings is 2. The Bertz CT molecular complexity index is 2210. The van der Waals surface area contributed by atoms with Crippen molar-refractivity contribution in [1.29, 1.82) is 0 Å². The SMILES string of the molecule is Cc1cnc2c(-n3cc4cc(C(=O)NC5CCC(CN6CCC(c7ccc(C8CCC(=O)NC8=O)cc7F)CC6)CC5)c(OC(C)C)cc4n3)cnn2c1. The van der Waals surface area contributed by atoms with Gasteiger partial charge in [0.05, 0.1) is 29.3 Å². The summed E-state index contributed by atoms with van der Waals surface area (Å²) in [6.07, 6.45) is 13.6. The first-order valence-electron chi connectivity index (χ1n) is 19.2. The standard InChI is InChI=1S/C41H47FN8O4/c1-24(2)54-37-18-35-29(23-49(47-35)36-20-44-50-21-25(3)19-43-39(36)50)16-33(37)41(53)45-30-7-4-26(5-8-30)22-48-14-12-27(13-15-48)31-9-6-28(17-34(31)42)32-10-11-38(51)46-40(32)52/h6,9,16-21,23-24,26-27,30,32H,4-5,7-8,10-15,22H2,1-3H3,(H,45,53)(H,46,51,52). The van der Waals surface area contributed by atoms with Gasteiger partial charge in [-0.1, -0.05) is 12.1 Å². The van der Waals surface area contributed by atoms with Crippen molar-refractivity contribution in [1.82, 2.24) is 39.9 Å². The lowest BCUT2D eigenvalue weighted by Crippen LogP contribution is -2.41. The number of amides is 3. The zero-order chi connectivity index (χ0) is 37.5. The second kappa shape index (κ2) is 14.9. The van der Waals surface area contributed by atoms with Crippen LogP contribution in [0.5, 0.6) is 5.75 Å². The van der Waals surface area contributed by atoms with Crippen molar-refractivity contribution >= 4 is 34.3 Å². The number of halogens is 1. The number of hydrogen-bond donors (Lipinski definition) is 2. The smallest absolute Gasteiger partial charge is 0.255 e. The van der Waals surface area contributed by atoms with E-state index < -0.39 is 5.92 Å². The molecule has 1 saturated carbocycles. The number of aromatic nitrogens is 5. The number of nitrogens with zero attached hydrogens (tertiary/aromatic N) is 6. The van der Waals surface area contributed by atoms with Crippen molar-refractivity contribution in [2.24, 2.45) is 5.92 Å². The minimum atomic E-state index is -0.480. The molecular formula is C41H47FN8O4. The van der Waals surface area contributed by atoms with Gasteiger partial charge in [-0.25, -0.2) is 18.6 Å². The average molecular weight is 735 g/mol. The van der Waals surface area contributed by atoms with E-state index in [4.69, 9.17) is 9.84 Å². The van der Waals surface area contributed by atoms with Crippen LogP contribution in [0.25, 0.3) is 22.2 Å². The normalized spacial score (nSPS) is 21.5. The van der Waals surface area contributed by atoms with Crippen LogP contribution in [0.4, 0.5) is 4.39 Å². The number of likely N-dealkylation sites (tertiary alicyclic amines) is 1. The largest absolute Gasteiger partial charge is 0.490 e. The third-order valence-electron chi connectivity index (χ3n) is 11.3. The molecular weight excluding hydrogens is 688 g/mol. The van der Waals surface area contributed by atoms with Gasteiger partial charge in [-0.05, 0) is 119 Å². The molecule has 3 fully saturated rings. The van der Waals surface area contributed by atoms with Gasteiger partial charge >= 0.3 is 0 Å². The molecule has 0 bridgehead atoms. The molecule has 2 saturated heterocycles. The third kappa shape index (κ3) is 7.46. The number of hydrogen-bond acceptors (Lipinski definition) is 8. The summed E-state index contributed by atoms with van der Waals surface area (Å²) >= 11 is 0. The fourth-order valence-corrected chi connectivity index (χ4v) is 8.47. The molecule has 1 unspecified atom stereocenters. The molecule has 3 amide bonds. The van der Waals surface area contributed by atoms with Crippen LogP contribution in [0.2, 0.25) is 0 Å². The number of ether oxygens (including phenoxy) is 1. The molecule has 3 aromatic heterocycles. The molecule has 12 nitrogen and oxygen atoms in total. The Morgan fingerprint density at radius 1 is 1.02 bits per heavy atom. The van der Waals surface area contributed by atoms with Crippen LogP contribution in [0.15, 0.2) is 55.1 Å². The predicted molar refractivity (Wildman–Crippen MR) is 201 cm³/mol. The molecule has 5 aromatic rings. The maximum absolute atomic E-state index is 15.3. The maximum Gasteiger partial charge on any atom is 0.255 e. The minimum Gasteiger partial charge on any atom is -0.490 e. The van der Waals surface area contributed by atoms with Gasteiger partial charge in [-0.15, -0.1) is 0 Å². The quantitative estimate of drug-likeness (QED) is 0.176. The van der Waals surface area contributed by atoms with E-state index in [-0.39, 0.29) is 48.0 Å². The Morgan fingerprint density at radius 2 is 1.81 bits per heavy atom. The summed E-state index contributed by atoms with van der Waals surface area (Å²) in [5.41, 5.74) is 5.01. The lowest BCUT2D eigenvalue weighted by molar-refractivity contribution is -0.134. The number of rotatable bonds is 9. The minimum absolute atomic E-state index is 0.0873. The molecule has 5 heterocycles. The molecule has 2 N–H and O–H groups in total. The molecule has 13 heteroatoms. The van der Waals surface area contributed by atoms with E-state index in [1.165, 1.54) is 6.07 Å². The van der Waals surface area contributed by atoms with E-state index in [0.29, 0.717) is 40.4 Å². The number of aryl methyl sites for hydroxylation is 1. The van der Waals surface area contributed by atoms with E-state index in [9.17, 15) is 14.4 Å². The van der Waals surface area contributed by atoms with Gasteiger partial charge in [0.25, 0.3) is 5.91 Å². The topological polar surface area (TPSA) is 136 Å². The number of carbonyl (C=O) groups is 3. The van der Waals surface area contributed by atoms with Crippen LogP contribution in [-0.2, 0) is 9.59 Å². The van der Waals surface area contributed by atoms with Gasteiger partial charge in [-0.3, -0.25) is 19.7 Å². The Kier molecular flexibility index (Phi) is 9.91. The van der Waals surface area contributed by atoms with Crippen molar-refractivity contribution in [3.63, 3.8) is 0 Å². The predicted octanol–water partition coefficient (Wildman–Crippen LogP) is 5.99. The monoisotopic (exact) mass is 734 g/mol. The molecule has 2 aromatic carbocycles. The molecule has 2 aliphatic heterocycles. The number of carbonyl (C=O) groups excluding carboxylic acids is 3. The summed E-state index contributed by atoms with van der Waals surface area (Å²) in [7, 11) is 0. The van der Waals surface area contributed by atoms with Gasteiger partial charge in [0.1, 0.15) is 17.3 Å². The average Bonchev–Trinajstić information content (AvgIpc) is 3.75. The Hall–Kier alpha value is -5.17. The van der Waals surface area contributed by atoms with Crippen molar-refractivity contribution in [3.05, 3.63) is 83.2 Å². The first-order valence-corrected chi connectivity index (χ1v) is 19.2. The number of imide groups is 1. The van der Waals surface area contributed by atoms with Gasteiger partial charge < -0.3 is 15.0 Å². The van der Waals surface area contributed by atoms with Crippen LogP contribution < -0.4 is 15.4 Å². The van der Waals surface area contributed by atoms with Crippen molar-refractivity contribution in [3.8, 4) is 11.4 Å². The summed E-state index contributed by atoms with van der Waals surface area (Å²) in [6.45, 7) is 8.71. The molecule has 8 rings (SSSR count).